The summed E-state index contributed by atoms with van der Waals surface area (Å²) in [5, 5.41) is 0. The van der Waals surface area contributed by atoms with Crippen molar-refractivity contribution in [3.63, 3.8) is 0 Å². The molecular weight excluding hydrogens is 236 g/mol. The topological polar surface area (TPSA) is 67.6 Å². The minimum absolute atomic E-state index is 0.497. The Labute approximate surface area is 114 Å². The second kappa shape index (κ2) is 6.48. The van der Waals surface area contributed by atoms with Gasteiger partial charge in [-0.1, -0.05) is 13.8 Å². The molecule has 4 nitrogen and oxygen atoms in total. The van der Waals surface area contributed by atoms with Crippen LogP contribution in [0.5, 0.6) is 0 Å². The molecule has 19 heavy (non-hydrogen) atoms. The maximum atomic E-state index is 5.84. The van der Waals surface area contributed by atoms with Crippen LogP contribution < -0.4 is 5.73 Å². The third-order valence-corrected chi connectivity index (χ3v) is 3.24. The van der Waals surface area contributed by atoms with Crippen LogP contribution in [0.3, 0.4) is 0 Å². The van der Waals surface area contributed by atoms with E-state index in [4.69, 9.17) is 5.73 Å². The molecule has 2 aromatic rings. The van der Waals surface area contributed by atoms with Crippen LogP contribution in [0.4, 0.5) is 0 Å². The number of imidazole rings is 1. The molecule has 0 aliphatic heterocycles. The third kappa shape index (κ3) is 3.89. The summed E-state index contributed by atoms with van der Waals surface area (Å²) in [6.07, 6.45) is 7.52. The largest absolute Gasteiger partial charge is 0.342 e. The van der Waals surface area contributed by atoms with Crippen LogP contribution in [0, 0.1) is 11.8 Å². The summed E-state index contributed by atoms with van der Waals surface area (Å²) in [6.45, 7) is 5.17. The summed E-state index contributed by atoms with van der Waals surface area (Å²) in [4.78, 5) is 11.9. The van der Waals surface area contributed by atoms with Crippen LogP contribution in [0.1, 0.15) is 26.1 Å². The Bertz CT molecular complexity index is 490. The van der Waals surface area contributed by atoms with Gasteiger partial charge in [-0.3, -0.25) is 4.98 Å². The standard InChI is InChI=1S/C15H22N4/c1-11(2)7-12(9-16)8-15-18-10-14(19-15)13-3-5-17-6-4-13/h3-6,10-12H,7-9,16H2,1-2H3,(H,18,19). The highest BCUT2D eigenvalue weighted by molar-refractivity contribution is 5.57. The molecule has 0 aromatic carbocycles. The van der Waals surface area contributed by atoms with E-state index in [1.165, 1.54) is 0 Å². The van der Waals surface area contributed by atoms with Gasteiger partial charge in [0.05, 0.1) is 11.9 Å². The molecule has 0 amide bonds. The zero-order valence-electron chi connectivity index (χ0n) is 11.6. The highest BCUT2D eigenvalue weighted by Crippen LogP contribution is 2.19. The number of aromatic amines is 1. The fourth-order valence-corrected chi connectivity index (χ4v) is 2.35. The molecule has 1 unspecified atom stereocenters. The fourth-order valence-electron chi connectivity index (χ4n) is 2.35. The Balaban J connectivity index is 2.05. The predicted molar refractivity (Wildman–Crippen MR) is 77.5 cm³/mol. The van der Waals surface area contributed by atoms with Crippen molar-refractivity contribution in [3.05, 3.63) is 36.5 Å². The van der Waals surface area contributed by atoms with Crippen LogP contribution >= 0.6 is 0 Å². The van der Waals surface area contributed by atoms with Gasteiger partial charge in [-0.25, -0.2) is 4.98 Å². The third-order valence-electron chi connectivity index (χ3n) is 3.24. The summed E-state index contributed by atoms with van der Waals surface area (Å²) in [7, 11) is 0. The van der Waals surface area contributed by atoms with Gasteiger partial charge in [0, 0.05) is 24.4 Å². The first-order valence-corrected chi connectivity index (χ1v) is 6.83. The first-order chi connectivity index (χ1) is 9.19. The predicted octanol–water partition coefficient (Wildman–Crippen LogP) is 2.64. The summed E-state index contributed by atoms with van der Waals surface area (Å²) in [5.41, 5.74) is 7.99. The van der Waals surface area contributed by atoms with Gasteiger partial charge >= 0.3 is 0 Å². The molecule has 0 spiro atoms. The Morgan fingerprint density at radius 3 is 2.63 bits per heavy atom. The van der Waals surface area contributed by atoms with Crippen molar-refractivity contribution in [2.24, 2.45) is 17.6 Å². The zero-order valence-corrected chi connectivity index (χ0v) is 11.6. The second-order valence-corrected chi connectivity index (χ2v) is 5.41. The number of H-pyrrole nitrogens is 1. The van der Waals surface area contributed by atoms with E-state index < -0.39 is 0 Å². The number of hydrogen-bond donors (Lipinski definition) is 2. The highest BCUT2D eigenvalue weighted by Gasteiger charge is 2.12. The average molecular weight is 258 g/mol. The van der Waals surface area contributed by atoms with Crippen LogP contribution in [-0.4, -0.2) is 21.5 Å². The lowest BCUT2D eigenvalue weighted by molar-refractivity contribution is 0.409. The Hall–Kier alpha value is -1.68. The summed E-state index contributed by atoms with van der Waals surface area (Å²) in [6, 6.07) is 3.96. The zero-order chi connectivity index (χ0) is 13.7. The van der Waals surface area contributed by atoms with E-state index in [1.54, 1.807) is 12.4 Å². The minimum Gasteiger partial charge on any atom is -0.342 e. The molecule has 0 saturated heterocycles. The van der Waals surface area contributed by atoms with Crippen molar-refractivity contribution in [2.45, 2.75) is 26.7 Å². The van der Waals surface area contributed by atoms with Crippen molar-refractivity contribution in [1.82, 2.24) is 15.0 Å². The van der Waals surface area contributed by atoms with Crippen LogP contribution in [0.25, 0.3) is 11.3 Å². The molecule has 0 saturated carbocycles. The van der Waals surface area contributed by atoms with E-state index in [2.05, 4.69) is 28.8 Å². The van der Waals surface area contributed by atoms with Gasteiger partial charge in [-0.05, 0) is 36.9 Å². The highest BCUT2D eigenvalue weighted by atomic mass is 14.9. The van der Waals surface area contributed by atoms with Crippen LogP contribution in [0.2, 0.25) is 0 Å². The second-order valence-electron chi connectivity index (χ2n) is 5.41. The van der Waals surface area contributed by atoms with Gasteiger partial charge in [0.25, 0.3) is 0 Å². The molecule has 102 valence electrons. The SMILES string of the molecule is CC(C)CC(CN)Cc1ncc(-c2ccncc2)[nH]1. The van der Waals surface area contributed by atoms with Gasteiger partial charge in [-0.2, -0.15) is 0 Å². The van der Waals surface area contributed by atoms with Gasteiger partial charge in [-0.15, -0.1) is 0 Å². The van der Waals surface area contributed by atoms with Crippen LogP contribution in [-0.2, 0) is 6.42 Å². The van der Waals surface area contributed by atoms with E-state index in [1.807, 2.05) is 18.3 Å². The van der Waals surface area contributed by atoms with Gasteiger partial charge in [0.15, 0.2) is 0 Å². The molecule has 1 atom stereocenters. The summed E-state index contributed by atoms with van der Waals surface area (Å²) >= 11 is 0. The number of nitrogens with one attached hydrogen (secondary N) is 1. The molecule has 0 fully saturated rings. The number of pyridine rings is 1. The fraction of sp³-hybridized carbons (Fsp3) is 0.467. The van der Waals surface area contributed by atoms with Crippen molar-refractivity contribution >= 4 is 0 Å². The maximum Gasteiger partial charge on any atom is 0.106 e. The maximum absolute atomic E-state index is 5.84. The number of rotatable bonds is 6. The van der Waals surface area contributed by atoms with E-state index in [9.17, 15) is 0 Å². The molecular formula is C15H22N4. The Morgan fingerprint density at radius 1 is 1.26 bits per heavy atom. The smallest absolute Gasteiger partial charge is 0.106 e. The van der Waals surface area contributed by atoms with E-state index in [-0.39, 0.29) is 0 Å². The number of hydrogen-bond acceptors (Lipinski definition) is 3. The number of aromatic nitrogens is 3. The van der Waals surface area contributed by atoms with Crippen LogP contribution in [0.15, 0.2) is 30.7 Å². The molecule has 2 aromatic heterocycles. The first-order valence-electron chi connectivity index (χ1n) is 6.83. The van der Waals surface area contributed by atoms with E-state index >= 15 is 0 Å². The first kappa shape index (κ1) is 13.7. The average Bonchev–Trinajstić information content (AvgIpc) is 2.87. The number of nitrogens with two attached hydrogens (primary N) is 1. The molecule has 2 rings (SSSR count). The lowest BCUT2D eigenvalue weighted by atomic mass is 9.94. The monoisotopic (exact) mass is 258 g/mol. The van der Waals surface area contributed by atoms with Gasteiger partial charge in [0.1, 0.15) is 5.82 Å². The Kier molecular flexibility index (Phi) is 4.68. The molecule has 0 aliphatic rings. The Morgan fingerprint density at radius 2 is 2.00 bits per heavy atom. The molecule has 2 heterocycles. The van der Waals surface area contributed by atoms with Crippen molar-refractivity contribution in [1.29, 1.82) is 0 Å². The van der Waals surface area contributed by atoms with Crippen molar-refractivity contribution in [2.75, 3.05) is 6.54 Å². The molecule has 0 bridgehead atoms. The van der Waals surface area contributed by atoms with E-state index in [0.717, 1.165) is 29.9 Å². The minimum atomic E-state index is 0.497. The van der Waals surface area contributed by atoms with Gasteiger partial charge in [0.2, 0.25) is 0 Å². The quantitative estimate of drug-likeness (QED) is 0.837. The van der Waals surface area contributed by atoms with Crippen molar-refractivity contribution in [3.8, 4) is 11.3 Å². The molecule has 0 aliphatic carbocycles. The summed E-state index contributed by atoms with van der Waals surface area (Å²) < 4.78 is 0. The van der Waals surface area contributed by atoms with E-state index in [0.29, 0.717) is 18.4 Å². The molecule has 4 heteroatoms. The van der Waals surface area contributed by atoms with Crippen molar-refractivity contribution < 1.29 is 0 Å². The lowest BCUT2D eigenvalue weighted by Gasteiger charge is -2.15. The molecule has 3 N–H and O–H groups in total. The summed E-state index contributed by atoms with van der Waals surface area (Å²) in [5.74, 6) is 2.18. The lowest BCUT2D eigenvalue weighted by Crippen LogP contribution is -2.19. The normalized spacial score (nSPS) is 12.8. The van der Waals surface area contributed by atoms with Gasteiger partial charge < -0.3 is 10.7 Å². The number of nitrogens with zero attached hydrogens (tertiary/aromatic N) is 2. The molecule has 0 radical (unpaired) electrons.